The summed E-state index contributed by atoms with van der Waals surface area (Å²) in [4.78, 5) is 11.4. The molecular formula is C13H19NO3. The fourth-order valence-electron chi connectivity index (χ4n) is 2.65. The van der Waals surface area contributed by atoms with Crippen LogP contribution >= 0.6 is 0 Å². The van der Waals surface area contributed by atoms with Gasteiger partial charge in [-0.15, -0.1) is 0 Å². The first-order valence-corrected chi connectivity index (χ1v) is 6.16. The summed E-state index contributed by atoms with van der Waals surface area (Å²) in [7, 11) is 0. The largest absolute Gasteiger partial charge is 0.480 e. The highest BCUT2D eigenvalue weighted by Gasteiger charge is 2.41. The first-order chi connectivity index (χ1) is 8.12. The Labute approximate surface area is 101 Å². The third-order valence-electron chi connectivity index (χ3n) is 3.48. The third-order valence-corrected chi connectivity index (χ3v) is 3.48. The molecule has 1 aliphatic carbocycles. The molecule has 0 bridgehead atoms. The van der Waals surface area contributed by atoms with E-state index in [0.29, 0.717) is 0 Å². The van der Waals surface area contributed by atoms with Crippen LogP contribution in [0.4, 0.5) is 0 Å². The highest BCUT2D eigenvalue weighted by atomic mass is 16.4. The molecule has 0 saturated heterocycles. The van der Waals surface area contributed by atoms with Gasteiger partial charge in [0.2, 0.25) is 0 Å². The summed E-state index contributed by atoms with van der Waals surface area (Å²) < 4.78 is 5.27. The van der Waals surface area contributed by atoms with Crippen molar-refractivity contribution >= 4 is 5.97 Å². The van der Waals surface area contributed by atoms with Crippen molar-refractivity contribution < 1.29 is 14.3 Å². The lowest BCUT2D eigenvalue weighted by Crippen LogP contribution is -2.53. The number of carboxylic acids is 1. The average molecular weight is 237 g/mol. The van der Waals surface area contributed by atoms with Crippen LogP contribution in [0.3, 0.4) is 0 Å². The Bertz CT molecular complexity index is 366. The van der Waals surface area contributed by atoms with Crippen molar-refractivity contribution in [3.05, 3.63) is 24.2 Å². The Morgan fingerprint density at radius 3 is 2.82 bits per heavy atom. The van der Waals surface area contributed by atoms with Gasteiger partial charge in [-0.05, 0) is 31.9 Å². The first-order valence-electron chi connectivity index (χ1n) is 6.16. The minimum atomic E-state index is -0.721. The van der Waals surface area contributed by atoms with E-state index in [4.69, 9.17) is 4.42 Å². The zero-order valence-corrected chi connectivity index (χ0v) is 10.1. The number of nitrogens with one attached hydrogen (secondary N) is 1. The molecule has 4 nitrogen and oxygen atoms in total. The van der Waals surface area contributed by atoms with E-state index < -0.39 is 11.5 Å². The quantitative estimate of drug-likeness (QED) is 0.824. The van der Waals surface area contributed by atoms with Gasteiger partial charge in [-0.1, -0.05) is 12.8 Å². The number of carbonyl (C=O) groups is 1. The molecule has 1 saturated carbocycles. The van der Waals surface area contributed by atoms with E-state index in [0.717, 1.165) is 37.9 Å². The molecule has 1 aromatic rings. The van der Waals surface area contributed by atoms with Crippen LogP contribution in [0.5, 0.6) is 0 Å². The van der Waals surface area contributed by atoms with Gasteiger partial charge in [-0.2, -0.15) is 0 Å². The standard InChI is InChI=1S/C13H19NO3/c1-10(9-11-5-4-8-17-11)14-13(12(15)16)6-2-3-7-13/h4-5,8,10,14H,2-3,6-7,9H2,1H3,(H,15,16). The summed E-state index contributed by atoms with van der Waals surface area (Å²) in [6.07, 6.45) is 5.81. The maximum Gasteiger partial charge on any atom is 0.323 e. The maximum absolute atomic E-state index is 11.4. The van der Waals surface area contributed by atoms with Gasteiger partial charge in [-0.25, -0.2) is 0 Å². The summed E-state index contributed by atoms with van der Waals surface area (Å²) in [6, 6.07) is 3.88. The van der Waals surface area contributed by atoms with Crippen LogP contribution in [-0.2, 0) is 11.2 Å². The molecule has 0 aromatic carbocycles. The Kier molecular flexibility index (Phi) is 3.52. The number of hydrogen-bond acceptors (Lipinski definition) is 3. The highest BCUT2D eigenvalue weighted by Crippen LogP contribution is 2.30. The van der Waals surface area contributed by atoms with Gasteiger partial charge in [0.25, 0.3) is 0 Å². The van der Waals surface area contributed by atoms with Gasteiger partial charge >= 0.3 is 5.97 Å². The molecule has 94 valence electrons. The van der Waals surface area contributed by atoms with Crippen LogP contribution < -0.4 is 5.32 Å². The Morgan fingerprint density at radius 2 is 2.29 bits per heavy atom. The van der Waals surface area contributed by atoms with Crippen LogP contribution in [0, 0.1) is 0 Å². The van der Waals surface area contributed by atoms with Gasteiger partial charge in [0, 0.05) is 12.5 Å². The number of hydrogen-bond donors (Lipinski definition) is 2. The number of rotatable bonds is 5. The van der Waals surface area contributed by atoms with Gasteiger partial charge in [0.05, 0.1) is 6.26 Å². The number of aliphatic carboxylic acids is 1. The van der Waals surface area contributed by atoms with Gasteiger partial charge in [0.1, 0.15) is 11.3 Å². The molecule has 4 heteroatoms. The lowest BCUT2D eigenvalue weighted by atomic mass is 9.96. The van der Waals surface area contributed by atoms with Crippen molar-refractivity contribution in [2.24, 2.45) is 0 Å². The molecule has 0 aliphatic heterocycles. The SMILES string of the molecule is CC(Cc1ccco1)NC1(C(=O)O)CCCC1. The Balaban J connectivity index is 1.96. The molecule has 2 N–H and O–H groups in total. The van der Waals surface area contributed by atoms with Gasteiger partial charge < -0.3 is 9.52 Å². The normalized spacial score (nSPS) is 20.3. The topological polar surface area (TPSA) is 62.5 Å². The minimum absolute atomic E-state index is 0.107. The van der Waals surface area contributed by atoms with Crippen LogP contribution in [0.1, 0.15) is 38.4 Å². The average Bonchev–Trinajstić information content (AvgIpc) is 2.89. The summed E-state index contributed by atoms with van der Waals surface area (Å²) >= 11 is 0. The fourth-order valence-corrected chi connectivity index (χ4v) is 2.65. The minimum Gasteiger partial charge on any atom is -0.480 e. The van der Waals surface area contributed by atoms with E-state index in [1.165, 1.54) is 0 Å². The van der Waals surface area contributed by atoms with Crippen molar-refractivity contribution in [1.82, 2.24) is 5.32 Å². The summed E-state index contributed by atoms with van der Waals surface area (Å²) in [5, 5.41) is 12.6. The first kappa shape index (κ1) is 12.2. The van der Waals surface area contributed by atoms with E-state index in [1.807, 2.05) is 19.1 Å². The smallest absolute Gasteiger partial charge is 0.323 e. The van der Waals surface area contributed by atoms with E-state index in [1.54, 1.807) is 6.26 Å². The molecule has 1 fully saturated rings. The maximum atomic E-state index is 11.4. The predicted molar refractivity (Wildman–Crippen MR) is 63.8 cm³/mol. The van der Waals surface area contributed by atoms with Gasteiger partial charge in [-0.3, -0.25) is 10.1 Å². The zero-order valence-electron chi connectivity index (χ0n) is 10.1. The van der Waals surface area contributed by atoms with Crippen molar-refractivity contribution in [3.63, 3.8) is 0 Å². The molecule has 0 radical (unpaired) electrons. The van der Waals surface area contributed by atoms with Gasteiger partial charge in [0.15, 0.2) is 0 Å². The summed E-state index contributed by atoms with van der Waals surface area (Å²) in [5.41, 5.74) is -0.716. The van der Waals surface area contributed by atoms with Crippen LogP contribution in [0.2, 0.25) is 0 Å². The molecule has 1 aromatic heterocycles. The third kappa shape index (κ3) is 2.69. The van der Waals surface area contributed by atoms with Crippen LogP contribution in [-0.4, -0.2) is 22.7 Å². The van der Waals surface area contributed by atoms with E-state index in [2.05, 4.69) is 5.32 Å². The van der Waals surface area contributed by atoms with E-state index >= 15 is 0 Å². The molecule has 1 atom stereocenters. The van der Waals surface area contributed by atoms with Crippen molar-refractivity contribution in [1.29, 1.82) is 0 Å². The molecule has 2 rings (SSSR count). The molecule has 1 aliphatic rings. The van der Waals surface area contributed by atoms with Crippen LogP contribution in [0.25, 0.3) is 0 Å². The van der Waals surface area contributed by atoms with Crippen molar-refractivity contribution in [2.75, 3.05) is 0 Å². The monoisotopic (exact) mass is 237 g/mol. The van der Waals surface area contributed by atoms with Crippen molar-refractivity contribution in [2.45, 2.75) is 50.6 Å². The molecule has 17 heavy (non-hydrogen) atoms. The number of furan rings is 1. The summed E-state index contributed by atoms with van der Waals surface area (Å²) in [6.45, 7) is 2.01. The van der Waals surface area contributed by atoms with Crippen LogP contribution in [0.15, 0.2) is 22.8 Å². The molecule has 1 unspecified atom stereocenters. The second-order valence-electron chi connectivity index (χ2n) is 4.92. The molecular weight excluding hydrogens is 218 g/mol. The molecule has 0 spiro atoms. The van der Waals surface area contributed by atoms with E-state index in [9.17, 15) is 9.90 Å². The number of carboxylic acid groups (broad SMARTS) is 1. The van der Waals surface area contributed by atoms with Crippen molar-refractivity contribution in [3.8, 4) is 0 Å². The Hall–Kier alpha value is -1.29. The molecule has 1 heterocycles. The summed E-state index contributed by atoms with van der Waals surface area (Å²) in [5.74, 6) is 0.171. The lowest BCUT2D eigenvalue weighted by molar-refractivity contribution is -0.145. The predicted octanol–water partition coefficient (Wildman–Crippen LogP) is 2.20. The fraction of sp³-hybridized carbons (Fsp3) is 0.615. The zero-order chi connectivity index (χ0) is 12.3. The lowest BCUT2D eigenvalue weighted by Gasteiger charge is -2.29. The molecule has 0 amide bonds. The second kappa shape index (κ2) is 4.92. The second-order valence-corrected chi connectivity index (χ2v) is 4.92. The Morgan fingerprint density at radius 1 is 1.59 bits per heavy atom. The highest BCUT2D eigenvalue weighted by molar-refractivity contribution is 5.79. The van der Waals surface area contributed by atoms with E-state index in [-0.39, 0.29) is 6.04 Å².